The molecule has 4 aromatic rings. The third-order valence-corrected chi connectivity index (χ3v) is 6.61. The summed E-state index contributed by atoms with van der Waals surface area (Å²) in [5.74, 6) is -1.20. The summed E-state index contributed by atoms with van der Waals surface area (Å²) in [5, 5.41) is 2.72. The number of imidazole rings is 1. The largest absolute Gasteiger partial charge is 0.449 e. The molecule has 0 bridgehead atoms. The van der Waals surface area contributed by atoms with Crippen LogP contribution in [-0.4, -0.2) is 36.4 Å². The van der Waals surface area contributed by atoms with Crippen LogP contribution in [0.15, 0.2) is 76.4 Å². The Kier molecular flexibility index (Phi) is 6.43. The van der Waals surface area contributed by atoms with Gasteiger partial charge in [0.1, 0.15) is 0 Å². The summed E-state index contributed by atoms with van der Waals surface area (Å²) in [6.07, 6.45) is -1.05. The molecular weight excluding hydrogens is 472 g/mol. The Hall–Kier alpha value is -4.38. The first-order chi connectivity index (χ1) is 16.6. The molecule has 180 valence electrons. The molecular formula is C24H22N4O6S. The highest BCUT2D eigenvalue weighted by atomic mass is 32.2. The fourth-order valence-electron chi connectivity index (χ4n) is 3.30. The minimum atomic E-state index is -3.95. The van der Waals surface area contributed by atoms with Crippen molar-refractivity contribution in [1.82, 2.24) is 9.97 Å². The molecule has 1 amide bonds. The summed E-state index contributed by atoms with van der Waals surface area (Å²) in [6.45, 7) is 3.31. The lowest BCUT2D eigenvalue weighted by Crippen LogP contribution is -2.30. The van der Waals surface area contributed by atoms with Crippen LogP contribution in [0.4, 0.5) is 11.4 Å². The van der Waals surface area contributed by atoms with Crippen LogP contribution in [0.5, 0.6) is 0 Å². The van der Waals surface area contributed by atoms with Crippen LogP contribution in [0.3, 0.4) is 0 Å². The molecule has 10 nitrogen and oxygen atoms in total. The van der Waals surface area contributed by atoms with Gasteiger partial charge in [0.2, 0.25) is 0 Å². The second-order valence-electron chi connectivity index (χ2n) is 7.82. The normalized spacial score (nSPS) is 12.2. The maximum Gasteiger partial charge on any atom is 0.338 e. The van der Waals surface area contributed by atoms with Gasteiger partial charge in [0, 0.05) is 11.4 Å². The van der Waals surface area contributed by atoms with Crippen molar-refractivity contribution >= 4 is 44.3 Å². The van der Waals surface area contributed by atoms with Gasteiger partial charge in [-0.25, -0.2) is 18.0 Å². The first-order valence-electron chi connectivity index (χ1n) is 10.5. The van der Waals surface area contributed by atoms with Crippen molar-refractivity contribution in [3.63, 3.8) is 0 Å². The molecule has 0 spiro atoms. The highest BCUT2D eigenvalue weighted by Gasteiger charge is 2.20. The van der Waals surface area contributed by atoms with E-state index in [-0.39, 0.29) is 16.1 Å². The minimum Gasteiger partial charge on any atom is -0.449 e. The molecule has 0 radical (unpaired) electrons. The zero-order valence-corrected chi connectivity index (χ0v) is 19.6. The van der Waals surface area contributed by atoms with Gasteiger partial charge >= 0.3 is 11.7 Å². The lowest BCUT2D eigenvalue weighted by Gasteiger charge is -2.15. The van der Waals surface area contributed by atoms with Crippen molar-refractivity contribution in [3.8, 4) is 0 Å². The van der Waals surface area contributed by atoms with Crippen molar-refractivity contribution in [2.75, 3.05) is 10.0 Å². The van der Waals surface area contributed by atoms with Crippen molar-refractivity contribution in [3.05, 3.63) is 88.3 Å². The first-order valence-corrected chi connectivity index (χ1v) is 12.0. The van der Waals surface area contributed by atoms with Crippen LogP contribution in [0.2, 0.25) is 0 Å². The monoisotopic (exact) mass is 494 g/mol. The lowest BCUT2D eigenvalue weighted by atomic mass is 10.2. The van der Waals surface area contributed by atoms with E-state index in [1.165, 1.54) is 49.4 Å². The summed E-state index contributed by atoms with van der Waals surface area (Å²) in [6, 6.07) is 17.0. The van der Waals surface area contributed by atoms with Crippen LogP contribution in [-0.2, 0) is 19.6 Å². The maximum absolute atomic E-state index is 12.7. The van der Waals surface area contributed by atoms with E-state index >= 15 is 0 Å². The molecule has 11 heteroatoms. The van der Waals surface area contributed by atoms with E-state index in [1.807, 2.05) is 19.1 Å². The minimum absolute atomic E-state index is 0.0442. The number of esters is 1. The third-order valence-electron chi connectivity index (χ3n) is 5.23. The fraction of sp³-hybridized carbons (Fsp3) is 0.125. The summed E-state index contributed by atoms with van der Waals surface area (Å²) in [7, 11) is -3.95. The second-order valence-corrected chi connectivity index (χ2v) is 9.50. The molecule has 4 N–H and O–H groups in total. The van der Waals surface area contributed by atoms with E-state index < -0.39 is 33.7 Å². The summed E-state index contributed by atoms with van der Waals surface area (Å²) in [4.78, 5) is 41.2. The molecule has 0 aliphatic rings. The number of hydrogen-bond donors (Lipinski definition) is 4. The third kappa shape index (κ3) is 5.41. The predicted octanol–water partition coefficient (Wildman–Crippen LogP) is 3.15. The number of carbonyl (C=O) groups excluding carboxylic acids is 2. The number of aromatic amines is 2. The Balaban J connectivity index is 1.40. The fourth-order valence-corrected chi connectivity index (χ4v) is 4.38. The average Bonchev–Trinajstić information content (AvgIpc) is 3.20. The summed E-state index contributed by atoms with van der Waals surface area (Å²) < 4.78 is 33.1. The Morgan fingerprint density at radius 2 is 1.63 bits per heavy atom. The topological polar surface area (TPSA) is 150 Å². The van der Waals surface area contributed by atoms with Gasteiger partial charge in [-0.3, -0.25) is 9.52 Å². The number of aromatic nitrogens is 2. The van der Waals surface area contributed by atoms with E-state index in [0.29, 0.717) is 16.7 Å². The van der Waals surface area contributed by atoms with E-state index in [2.05, 4.69) is 20.0 Å². The molecule has 0 aliphatic carbocycles. The number of H-pyrrole nitrogens is 2. The van der Waals surface area contributed by atoms with Crippen molar-refractivity contribution in [2.45, 2.75) is 24.8 Å². The number of aryl methyl sites for hydroxylation is 1. The molecule has 0 fully saturated rings. The molecule has 1 heterocycles. The quantitative estimate of drug-likeness (QED) is 0.290. The van der Waals surface area contributed by atoms with Gasteiger partial charge in [-0.15, -0.1) is 0 Å². The van der Waals surface area contributed by atoms with Gasteiger partial charge in [0.25, 0.3) is 15.9 Å². The van der Waals surface area contributed by atoms with E-state index in [1.54, 1.807) is 12.1 Å². The SMILES string of the molecule is Cc1ccccc1NC(=O)C(C)OC(=O)c1ccc(NS(=O)(=O)c2ccc3[nH]c(=O)[nH]c3c2)cc1. The van der Waals surface area contributed by atoms with E-state index in [4.69, 9.17) is 4.74 Å². The van der Waals surface area contributed by atoms with E-state index in [9.17, 15) is 22.8 Å². The zero-order valence-electron chi connectivity index (χ0n) is 18.8. The van der Waals surface area contributed by atoms with Crippen LogP contribution < -0.4 is 15.7 Å². The van der Waals surface area contributed by atoms with Gasteiger partial charge in [-0.2, -0.15) is 0 Å². The number of anilines is 2. The predicted molar refractivity (Wildman–Crippen MR) is 131 cm³/mol. The van der Waals surface area contributed by atoms with Gasteiger partial charge in [0.05, 0.1) is 21.5 Å². The number of nitrogens with one attached hydrogen (secondary N) is 4. The standard InChI is InChI=1S/C24H22N4O6S/c1-14-5-3-4-6-19(14)25-22(29)15(2)34-23(30)16-7-9-17(10-8-16)28-35(32,33)18-11-12-20-21(13-18)27-24(31)26-20/h3-13,15,28H,1-2H3,(H,25,29)(H2,26,27,31). The molecule has 0 saturated carbocycles. The number of hydrogen-bond acceptors (Lipinski definition) is 6. The first kappa shape index (κ1) is 23.8. The Morgan fingerprint density at radius 3 is 2.34 bits per heavy atom. The molecule has 1 aromatic heterocycles. The smallest absolute Gasteiger partial charge is 0.338 e. The zero-order chi connectivity index (χ0) is 25.2. The number of amides is 1. The Labute approximate surface area is 200 Å². The number of rotatable bonds is 7. The number of carbonyl (C=O) groups is 2. The number of para-hydroxylation sites is 1. The van der Waals surface area contributed by atoms with Crippen molar-refractivity contribution in [2.24, 2.45) is 0 Å². The van der Waals surface area contributed by atoms with Crippen molar-refractivity contribution < 1.29 is 22.7 Å². The van der Waals surface area contributed by atoms with Crippen LogP contribution in [0.1, 0.15) is 22.8 Å². The molecule has 4 rings (SSSR count). The number of sulfonamides is 1. The molecule has 1 unspecified atom stereocenters. The second kappa shape index (κ2) is 9.47. The highest BCUT2D eigenvalue weighted by Crippen LogP contribution is 2.20. The van der Waals surface area contributed by atoms with Crippen LogP contribution in [0, 0.1) is 6.92 Å². The summed E-state index contributed by atoms with van der Waals surface area (Å²) >= 11 is 0. The molecule has 35 heavy (non-hydrogen) atoms. The number of ether oxygens (including phenoxy) is 1. The molecule has 3 aromatic carbocycles. The number of fused-ring (bicyclic) bond motifs is 1. The van der Waals surface area contributed by atoms with Gasteiger partial charge in [-0.05, 0) is 67.9 Å². The number of benzene rings is 3. The van der Waals surface area contributed by atoms with Gasteiger partial charge in [0.15, 0.2) is 6.10 Å². The average molecular weight is 495 g/mol. The van der Waals surface area contributed by atoms with Crippen LogP contribution in [0.25, 0.3) is 11.0 Å². The van der Waals surface area contributed by atoms with Gasteiger partial charge in [-0.1, -0.05) is 18.2 Å². The molecule has 0 aliphatic heterocycles. The Bertz CT molecular complexity index is 1570. The van der Waals surface area contributed by atoms with Crippen LogP contribution >= 0.6 is 0 Å². The highest BCUT2D eigenvalue weighted by molar-refractivity contribution is 7.92. The summed E-state index contributed by atoms with van der Waals surface area (Å²) in [5.41, 5.74) is 2.27. The lowest BCUT2D eigenvalue weighted by molar-refractivity contribution is -0.123. The van der Waals surface area contributed by atoms with Gasteiger partial charge < -0.3 is 20.0 Å². The maximum atomic E-state index is 12.7. The van der Waals surface area contributed by atoms with E-state index in [0.717, 1.165) is 5.56 Å². The molecule has 0 saturated heterocycles. The molecule has 1 atom stereocenters. The Morgan fingerprint density at radius 1 is 0.943 bits per heavy atom. The van der Waals surface area contributed by atoms with Crippen molar-refractivity contribution in [1.29, 1.82) is 0 Å².